The SMILES string of the molecule is C/C=C\Cn1c(=O)c2c(nc3n2[C@H](C)C(C)=NN3)n(C)c1=O. The topological polar surface area (TPSA) is 86.2 Å². The van der Waals surface area contributed by atoms with Gasteiger partial charge in [-0.25, -0.2) is 10.2 Å². The van der Waals surface area contributed by atoms with Gasteiger partial charge in [0, 0.05) is 13.6 Å². The van der Waals surface area contributed by atoms with Crippen molar-refractivity contribution in [3.8, 4) is 0 Å². The third kappa shape index (κ3) is 1.83. The van der Waals surface area contributed by atoms with Crippen LogP contribution in [0.15, 0.2) is 26.8 Å². The molecule has 8 heteroatoms. The van der Waals surface area contributed by atoms with Gasteiger partial charge in [-0.3, -0.25) is 18.5 Å². The van der Waals surface area contributed by atoms with Crippen LogP contribution < -0.4 is 16.7 Å². The minimum atomic E-state index is -0.378. The number of imidazole rings is 1. The number of hydrogen-bond acceptors (Lipinski definition) is 5. The Morgan fingerprint density at radius 3 is 2.77 bits per heavy atom. The molecule has 8 nitrogen and oxygen atoms in total. The number of anilines is 1. The van der Waals surface area contributed by atoms with E-state index in [1.165, 1.54) is 9.13 Å². The lowest BCUT2D eigenvalue weighted by Crippen LogP contribution is -2.39. The van der Waals surface area contributed by atoms with Gasteiger partial charge < -0.3 is 0 Å². The first-order valence-corrected chi connectivity index (χ1v) is 7.10. The Balaban J connectivity index is 2.41. The summed E-state index contributed by atoms with van der Waals surface area (Å²) in [6.07, 6.45) is 3.58. The molecule has 0 aromatic carbocycles. The van der Waals surface area contributed by atoms with Crippen molar-refractivity contribution in [2.45, 2.75) is 33.4 Å². The smallest absolute Gasteiger partial charge is 0.294 e. The largest absolute Gasteiger partial charge is 0.332 e. The highest BCUT2D eigenvalue weighted by Gasteiger charge is 2.26. The van der Waals surface area contributed by atoms with Gasteiger partial charge in [0.2, 0.25) is 5.95 Å². The molecule has 0 aliphatic carbocycles. The van der Waals surface area contributed by atoms with Gasteiger partial charge in [0.15, 0.2) is 11.2 Å². The molecule has 0 bridgehead atoms. The van der Waals surface area contributed by atoms with Crippen LogP contribution >= 0.6 is 0 Å². The van der Waals surface area contributed by atoms with E-state index in [9.17, 15) is 9.59 Å². The average Bonchev–Trinajstić information content (AvgIpc) is 2.89. The summed E-state index contributed by atoms with van der Waals surface area (Å²) in [5.41, 5.74) is 3.74. The van der Waals surface area contributed by atoms with Crippen LogP contribution in [0.1, 0.15) is 26.8 Å². The normalized spacial score (nSPS) is 17.6. The van der Waals surface area contributed by atoms with Crippen molar-refractivity contribution in [2.75, 3.05) is 5.43 Å². The molecule has 0 fully saturated rings. The summed E-state index contributed by atoms with van der Waals surface area (Å²) in [4.78, 5) is 29.5. The lowest BCUT2D eigenvalue weighted by Gasteiger charge is -2.21. The van der Waals surface area contributed by atoms with E-state index in [1.807, 2.05) is 26.8 Å². The first-order chi connectivity index (χ1) is 10.5. The van der Waals surface area contributed by atoms with Crippen LogP contribution in [-0.2, 0) is 13.6 Å². The molecule has 3 heterocycles. The van der Waals surface area contributed by atoms with E-state index in [0.29, 0.717) is 17.1 Å². The van der Waals surface area contributed by atoms with Gasteiger partial charge in [-0.1, -0.05) is 12.2 Å². The Bertz CT molecular complexity index is 927. The fourth-order valence-corrected chi connectivity index (χ4v) is 2.59. The van der Waals surface area contributed by atoms with E-state index in [0.717, 1.165) is 5.71 Å². The molecule has 1 aliphatic heterocycles. The van der Waals surface area contributed by atoms with Gasteiger partial charge in [0.05, 0.1) is 11.8 Å². The highest BCUT2D eigenvalue weighted by molar-refractivity contribution is 5.90. The van der Waals surface area contributed by atoms with Crippen LogP contribution in [0.25, 0.3) is 11.2 Å². The minimum absolute atomic E-state index is 0.0957. The number of fused-ring (bicyclic) bond motifs is 3. The summed E-state index contributed by atoms with van der Waals surface area (Å²) in [7, 11) is 1.62. The van der Waals surface area contributed by atoms with Crippen molar-refractivity contribution in [1.82, 2.24) is 18.7 Å². The Morgan fingerprint density at radius 1 is 1.36 bits per heavy atom. The molecule has 0 unspecified atom stereocenters. The summed E-state index contributed by atoms with van der Waals surface area (Å²) < 4.78 is 4.41. The quantitative estimate of drug-likeness (QED) is 0.833. The fraction of sp³-hybridized carbons (Fsp3) is 0.429. The third-order valence-electron chi connectivity index (χ3n) is 4.02. The third-order valence-corrected chi connectivity index (χ3v) is 4.02. The molecule has 0 spiro atoms. The summed E-state index contributed by atoms with van der Waals surface area (Å²) in [5, 5.41) is 4.18. The number of hydrogen-bond donors (Lipinski definition) is 1. The van der Waals surface area contributed by atoms with E-state index >= 15 is 0 Å². The van der Waals surface area contributed by atoms with Crippen molar-refractivity contribution in [2.24, 2.45) is 12.1 Å². The number of aromatic nitrogens is 4. The lowest BCUT2D eigenvalue weighted by molar-refractivity contribution is 0.652. The highest BCUT2D eigenvalue weighted by Crippen LogP contribution is 2.25. The van der Waals surface area contributed by atoms with E-state index < -0.39 is 0 Å². The molecule has 0 saturated carbocycles. The molecular weight excluding hydrogens is 284 g/mol. The van der Waals surface area contributed by atoms with Crippen LogP contribution in [-0.4, -0.2) is 24.4 Å². The molecule has 0 saturated heterocycles. The maximum atomic E-state index is 12.8. The average molecular weight is 302 g/mol. The van der Waals surface area contributed by atoms with Gasteiger partial charge in [-0.2, -0.15) is 10.1 Å². The van der Waals surface area contributed by atoms with Crippen molar-refractivity contribution < 1.29 is 0 Å². The molecule has 0 radical (unpaired) electrons. The standard InChI is InChI=1S/C14H18N6O2/c1-5-6-7-19-12(21)10-11(18(4)14(19)22)15-13-17-16-8(2)9(3)20(10)13/h5-6,9H,7H2,1-4H3,(H,15,17)/b6-5-/t9-/m1/s1. The predicted octanol–water partition coefficient (Wildman–Crippen LogP) is 0.835. The second-order valence-electron chi connectivity index (χ2n) is 5.34. The number of nitrogens with one attached hydrogen (secondary N) is 1. The van der Waals surface area contributed by atoms with E-state index in [-0.39, 0.29) is 23.8 Å². The molecule has 1 aliphatic rings. The zero-order chi connectivity index (χ0) is 16.0. The molecule has 1 atom stereocenters. The summed E-state index contributed by atoms with van der Waals surface area (Å²) in [6, 6.07) is -0.0957. The Labute approximate surface area is 126 Å². The zero-order valence-corrected chi connectivity index (χ0v) is 13.0. The Kier molecular flexibility index (Phi) is 3.23. The van der Waals surface area contributed by atoms with E-state index in [4.69, 9.17) is 0 Å². The van der Waals surface area contributed by atoms with Gasteiger partial charge >= 0.3 is 5.69 Å². The van der Waals surface area contributed by atoms with Crippen molar-refractivity contribution >= 4 is 22.8 Å². The van der Waals surface area contributed by atoms with Gasteiger partial charge in [-0.05, 0) is 20.8 Å². The van der Waals surface area contributed by atoms with Gasteiger partial charge in [0.25, 0.3) is 5.56 Å². The first kappa shape index (κ1) is 14.3. The first-order valence-electron chi connectivity index (χ1n) is 7.10. The zero-order valence-electron chi connectivity index (χ0n) is 13.0. The maximum absolute atomic E-state index is 12.8. The number of rotatable bonds is 2. The van der Waals surface area contributed by atoms with Crippen molar-refractivity contribution in [3.05, 3.63) is 33.0 Å². The number of allylic oxidation sites excluding steroid dienone is 2. The maximum Gasteiger partial charge on any atom is 0.332 e. The molecule has 116 valence electrons. The molecule has 2 aromatic heterocycles. The molecule has 2 aromatic rings. The van der Waals surface area contributed by atoms with E-state index in [2.05, 4.69) is 15.5 Å². The van der Waals surface area contributed by atoms with Crippen LogP contribution in [0, 0.1) is 0 Å². The van der Waals surface area contributed by atoms with Gasteiger partial charge in [0.1, 0.15) is 0 Å². The summed E-state index contributed by atoms with van der Waals surface area (Å²) in [5.74, 6) is 0.476. The number of hydrazone groups is 1. The van der Waals surface area contributed by atoms with E-state index in [1.54, 1.807) is 17.7 Å². The van der Waals surface area contributed by atoms with Crippen LogP contribution in [0.2, 0.25) is 0 Å². The summed E-state index contributed by atoms with van der Waals surface area (Å²) >= 11 is 0. The number of aryl methyl sites for hydroxylation is 1. The molecular formula is C14H18N6O2. The molecule has 22 heavy (non-hydrogen) atoms. The van der Waals surface area contributed by atoms with Crippen molar-refractivity contribution in [3.63, 3.8) is 0 Å². The van der Waals surface area contributed by atoms with Crippen LogP contribution in [0.4, 0.5) is 5.95 Å². The molecule has 0 amide bonds. The molecule has 3 rings (SSSR count). The van der Waals surface area contributed by atoms with Crippen molar-refractivity contribution in [1.29, 1.82) is 0 Å². The molecule has 1 N–H and O–H groups in total. The second kappa shape index (κ2) is 4.97. The minimum Gasteiger partial charge on any atom is -0.294 e. The Hall–Kier alpha value is -2.64. The Morgan fingerprint density at radius 2 is 2.09 bits per heavy atom. The monoisotopic (exact) mass is 302 g/mol. The fourth-order valence-electron chi connectivity index (χ4n) is 2.59. The summed E-state index contributed by atoms with van der Waals surface area (Å²) in [6.45, 7) is 5.92. The second-order valence-corrected chi connectivity index (χ2v) is 5.34. The number of nitrogens with zero attached hydrogens (tertiary/aromatic N) is 5. The van der Waals surface area contributed by atoms with Crippen LogP contribution in [0.3, 0.4) is 0 Å². The highest BCUT2D eigenvalue weighted by atomic mass is 16.2. The van der Waals surface area contributed by atoms with Gasteiger partial charge in [-0.15, -0.1) is 0 Å². The predicted molar refractivity (Wildman–Crippen MR) is 85.5 cm³/mol. The lowest BCUT2D eigenvalue weighted by atomic mass is 10.2. The van der Waals surface area contributed by atoms with Crippen LogP contribution in [0.5, 0.6) is 0 Å².